The molecule has 0 bridgehead atoms. The van der Waals surface area contributed by atoms with Crippen molar-refractivity contribution in [3.8, 4) is 0 Å². The van der Waals surface area contributed by atoms with Crippen molar-refractivity contribution >= 4 is 38.0 Å². The standard InChI is InChI=1S/C25H38O2S2/c1-3-5-7-8-10-11-19-13-15-21(16-14-19)27-24(26)23-18-20-17-22(12-9-6-4-2)28-25(20)29-23/h17-19,21H,3-16H2,1-2H3/t19-,21-. The van der Waals surface area contributed by atoms with Crippen molar-refractivity contribution in [2.75, 3.05) is 0 Å². The van der Waals surface area contributed by atoms with Crippen molar-refractivity contribution < 1.29 is 9.53 Å². The van der Waals surface area contributed by atoms with E-state index in [1.807, 2.05) is 17.4 Å². The normalized spacial score (nSPS) is 19.7. The maximum atomic E-state index is 12.6. The summed E-state index contributed by atoms with van der Waals surface area (Å²) in [6, 6.07) is 4.32. The number of thiophene rings is 2. The first-order valence-corrected chi connectivity index (χ1v) is 13.6. The summed E-state index contributed by atoms with van der Waals surface area (Å²) in [5.41, 5.74) is 0. The molecular formula is C25H38O2S2. The third-order valence-corrected chi connectivity index (χ3v) is 8.71. The highest BCUT2D eigenvalue weighted by molar-refractivity contribution is 7.39. The van der Waals surface area contributed by atoms with Gasteiger partial charge < -0.3 is 4.74 Å². The van der Waals surface area contributed by atoms with Crippen molar-refractivity contribution in [1.82, 2.24) is 0 Å². The van der Waals surface area contributed by atoms with Crippen LogP contribution in [0.5, 0.6) is 0 Å². The van der Waals surface area contributed by atoms with Gasteiger partial charge >= 0.3 is 5.97 Å². The Morgan fingerprint density at radius 3 is 2.38 bits per heavy atom. The molecule has 2 nitrogen and oxygen atoms in total. The van der Waals surface area contributed by atoms with Crippen LogP contribution in [0.25, 0.3) is 9.40 Å². The van der Waals surface area contributed by atoms with Crippen LogP contribution < -0.4 is 0 Å². The van der Waals surface area contributed by atoms with Gasteiger partial charge in [0.2, 0.25) is 0 Å². The van der Waals surface area contributed by atoms with Crippen LogP contribution in [0.3, 0.4) is 0 Å². The number of hydrogen-bond donors (Lipinski definition) is 0. The number of carbonyl (C=O) groups excluding carboxylic acids is 1. The Morgan fingerprint density at radius 1 is 0.931 bits per heavy atom. The summed E-state index contributed by atoms with van der Waals surface area (Å²) in [6.07, 6.45) is 17.9. The van der Waals surface area contributed by atoms with E-state index < -0.39 is 0 Å². The number of hydrogen-bond acceptors (Lipinski definition) is 4. The van der Waals surface area contributed by atoms with Gasteiger partial charge in [0.05, 0.1) is 4.01 Å². The number of esters is 1. The molecule has 0 saturated heterocycles. The van der Waals surface area contributed by atoms with Crippen molar-refractivity contribution in [3.05, 3.63) is 21.9 Å². The van der Waals surface area contributed by atoms with Crippen LogP contribution in [0.2, 0.25) is 0 Å². The highest BCUT2D eigenvalue weighted by atomic mass is 32.2. The molecule has 4 heteroatoms. The van der Waals surface area contributed by atoms with Crippen LogP contribution in [0.15, 0.2) is 12.1 Å². The molecular weight excluding hydrogens is 396 g/mol. The first-order chi connectivity index (χ1) is 14.2. The van der Waals surface area contributed by atoms with E-state index in [-0.39, 0.29) is 12.1 Å². The summed E-state index contributed by atoms with van der Waals surface area (Å²) in [5, 5.41) is 1.23. The van der Waals surface area contributed by atoms with Crippen LogP contribution in [-0.2, 0) is 11.2 Å². The fourth-order valence-electron chi connectivity index (χ4n) is 4.45. The number of carbonyl (C=O) groups is 1. The average Bonchev–Trinajstić information content (AvgIpc) is 3.28. The average molecular weight is 435 g/mol. The van der Waals surface area contributed by atoms with E-state index in [0.29, 0.717) is 0 Å². The molecule has 0 spiro atoms. The van der Waals surface area contributed by atoms with Crippen LogP contribution >= 0.6 is 22.7 Å². The van der Waals surface area contributed by atoms with Gasteiger partial charge in [-0.2, -0.15) is 0 Å². The second-order valence-electron chi connectivity index (χ2n) is 8.77. The summed E-state index contributed by atoms with van der Waals surface area (Å²) in [5.74, 6) is 0.749. The molecule has 2 heterocycles. The smallest absolute Gasteiger partial charge is 0.348 e. The Hall–Kier alpha value is -0.870. The van der Waals surface area contributed by atoms with Crippen LogP contribution in [0.4, 0.5) is 0 Å². The first kappa shape index (κ1) is 22.8. The van der Waals surface area contributed by atoms with Gasteiger partial charge in [-0.3, -0.25) is 0 Å². The lowest BCUT2D eigenvalue weighted by atomic mass is 9.84. The molecule has 1 fully saturated rings. The molecule has 1 aliphatic rings. The first-order valence-electron chi connectivity index (χ1n) is 11.9. The molecule has 0 aromatic carbocycles. The third-order valence-electron chi connectivity index (χ3n) is 6.28. The molecule has 2 aromatic rings. The molecule has 3 rings (SSSR count). The Balaban J connectivity index is 1.39. The maximum absolute atomic E-state index is 12.6. The van der Waals surface area contributed by atoms with Crippen LogP contribution in [0, 0.1) is 5.92 Å². The predicted octanol–water partition coefficient (Wildman–Crippen LogP) is 8.77. The molecule has 0 atom stereocenters. The zero-order valence-electron chi connectivity index (χ0n) is 18.3. The van der Waals surface area contributed by atoms with Crippen molar-refractivity contribution in [3.63, 3.8) is 0 Å². The molecule has 0 aliphatic heterocycles. The maximum Gasteiger partial charge on any atom is 0.348 e. The molecule has 1 aliphatic carbocycles. The van der Waals surface area contributed by atoms with E-state index in [1.165, 1.54) is 91.3 Å². The second kappa shape index (κ2) is 12.1. The number of fused-ring (bicyclic) bond motifs is 1. The van der Waals surface area contributed by atoms with Gasteiger partial charge in [0.15, 0.2) is 0 Å². The molecule has 1 saturated carbocycles. The summed E-state index contributed by atoms with van der Waals surface area (Å²) in [7, 11) is 0. The summed E-state index contributed by atoms with van der Waals surface area (Å²) < 4.78 is 7.14. The third kappa shape index (κ3) is 7.10. The van der Waals surface area contributed by atoms with E-state index in [9.17, 15) is 4.79 Å². The van der Waals surface area contributed by atoms with Crippen molar-refractivity contribution in [1.29, 1.82) is 0 Å². The fraction of sp³-hybridized carbons (Fsp3) is 0.720. The van der Waals surface area contributed by atoms with E-state index >= 15 is 0 Å². The number of rotatable bonds is 12. The van der Waals surface area contributed by atoms with Crippen LogP contribution in [0.1, 0.15) is 112 Å². The minimum atomic E-state index is -0.103. The highest BCUT2D eigenvalue weighted by Gasteiger charge is 2.25. The Labute approximate surface area is 185 Å². The van der Waals surface area contributed by atoms with Crippen LogP contribution in [-0.4, -0.2) is 12.1 Å². The van der Waals surface area contributed by atoms with Gasteiger partial charge in [-0.05, 0) is 56.6 Å². The van der Waals surface area contributed by atoms with E-state index in [0.717, 1.165) is 23.6 Å². The summed E-state index contributed by atoms with van der Waals surface area (Å²) in [4.78, 5) is 14.9. The Morgan fingerprint density at radius 2 is 1.66 bits per heavy atom. The van der Waals surface area contributed by atoms with E-state index in [4.69, 9.17) is 4.74 Å². The van der Waals surface area contributed by atoms with Gasteiger partial charge in [0.1, 0.15) is 11.0 Å². The largest absolute Gasteiger partial charge is 0.458 e. The fourth-order valence-corrected chi connectivity index (χ4v) is 6.86. The molecule has 29 heavy (non-hydrogen) atoms. The topological polar surface area (TPSA) is 26.3 Å². The number of ether oxygens (including phenoxy) is 1. The number of aryl methyl sites for hydroxylation is 1. The van der Waals surface area contributed by atoms with Gasteiger partial charge in [-0.15, -0.1) is 22.7 Å². The zero-order chi connectivity index (χ0) is 20.5. The molecule has 0 unspecified atom stereocenters. The lowest BCUT2D eigenvalue weighted by Crippen LogP contribution is -2.24. The van der Waals surface area contributed by atoms with Gasteiger partial charge in [0.25, 0.3) is 0 Å². The quantitative estimate of drug-likeness (QED) is 0.246. The molecule has 2 aromatic heterocycles. The minimum Gasteiger partial charge on any atom is -0.458 e. The molecule has 0 radical (unpaired) electrons. The van der Waals surface area contributed by atoms with Gasteiger partial charge in [0, 0.05) is 10.3 Å². The lowest BCUT2D eigenvalue weighted by molar-refractivity contribution is 0.0166. The zero-order valence-corrected chi connectivity index (χ0v) is 20.0. The number of unbranched alkanes of at least 4 members (excludes halogenated alkanes) is 6. The molecule has 162 valence electrons. The predicted molar refractivity (Wildman–Crippen MR) is 127 cm³/mol. The van der Waals surface area contributed by atoms with Gasteiger partial charge in [-0.25, -0.2) is 4.79 Å². The SMILES string of the molecule is CCCCCCC[C@H]1CC[C@H](OC(=O)c2cc3cc(CCCCC)sc3s2)CC1. The monoisotopic (exact) mass is 434 g/mol. The minimum absolute atomic E-state index is 0.103. The van der Waals surface area contributed by atoms with Gasteiger partial charge in [-0.1, -0.05) is 65.2 Å². The second-order valence-corrected chi connectivity index (χ2v) is 11.2. The van der Waals surface area contributed by atoms with Crippen molar-refractivity contribution in [2.45, 2.75) is 110 Å². The Kier molecular flexibility index (Phi) is 9.51. The molecule has 0 N–H and O–H groups in total. The Bertz CT molecular complexity index is 706. The molecule has 0 amide bonds. The summed E-state index contributed by atoms with van der Waals surface area (Å²) in [6.45, 7) is 4.51. The summed E-state index contributed by atoms with van der Waals surface area (Å²) >= 11 is 3.47. The lowest BCUT2D eigenvalue weighted by Gasteiger charge is -2.28. The van der Waals surface area contributed by atoms with Crippen molar-refractivity contribution in [2.24, 2.45) is 5.92 Å². The van der Waals surface area contributed by atoms with E-state index in [2.05, 4.69) is 19.9 Å². The highest BCUT2D eigenvalue weighted by Crippen LogP contribution is 2.36. The van der Waals surface area contributed by atoms with E-state index in [1.54, 1.807) is 11.3 Å².